The monoisotopic (exact) mass is 286 g/mol. The van der Waals surface area contributed by atoms with Gasteiger partial charge in [-0.3, -0.25) is 0 Å². The van der Waals surface area contributed by atoms with E-state index in [4.69, 9.17) is 0 Å². The van der Waals surface area contributed by atoms with Crippen LogP contribution >= 0.6 is 27.3 Å². The molecule has 1 aromatic rings. The van der Waals surface area contributed by atoms with Crippen LogP contribution in [0.15, 0.2) is 9.98 Å². The maximum Gasteiger partial charge on any atom is 0.186 e. The van der Waals surface area contributed by atoms with Gasteiger partial charge in [0.1, 0.15) is 4.60 Å². The number of hydrogen-bond acceptors (Lipinski definition) is 3. The van der Waals surface area contributed by atoms with E-state index in [1.807, 2.05) is 0 Å². The third-order valence-corrected chi connectivity index (χ3v) is 5.65. The number of aromatic nitrogens is 1. The quantitative estimate of drug-likeness (QED) is 0.787. The minimum absolute atomic E-state index is 0.909. The number of halogens is 1. The highest BCUT2D eigenvalue weighted by molar-refractivity contribution is 9.10. The highest BCUT2D eigenvalue weighted by atomic mass is 79.9. The van der Waals surface area contributed by atoms with Gasteiger partial charge in [0.05, 0.1) is 0 Å². The van der Waals surface area contributed by atoms with Gasteiger partial charge >= 0.3 is 0 Å². The molecule has 2 fully saturated rings. The fourth-order valence-electron chi connectivity index (χ4n) is 3.04. The van der Waals surface area contributed by atoms with Gasteiger partial charge in [-0.1, -0.05) is 6.92 Å². The number of anilines is 1. The molecular weight excluding hydrogens is 272 g/mol. The van der Waals surface area contributed by atoms with Crippen LogP contribution in [-0.2, 0) is 0 Å². The maximum atomic E-state index is 4.52. The fraction of sp³-hybridized carbons (Fsp3) is 0.727. The lowest BCUT2D eigenvalue weighted by Crippen LogP contribution is -2.40. The Kier molecular flexibility index (Phi) is 2.51. The third kappa shape index (κ3) is 1.72. The molecule has 1 aliphatic carbocycles. The summed E-state index contributed by atoms with van der Waals surface area (Å²) < 4.78 is 0.980. The fourth-order valence-corrected chi connectivity index (χ4v) is 4.31. The molecule has 1 saturated heterocycles. The molecule has 0 spiro atoms. The Morgan fingerprint density at radius 2 is 2.07 bits per heavy atom. The first-order valence-corrected chi connectivity index (χ1v) is 7.27. The number of fused-ring (bicyclic) bond motifs is 2. The second kappa shape index (κ2) is 3.74. The molecule has 2 nitrogen and oxygen atoms in total. The van der Waals surface area contributed by atoms with Crippen molar-refractivity contribution in [3.63, 3.8) is 0 Å². The molecule has 2 unspecified atom stereocenters. The predicted molar refractivity (Wildman–Crippen MR) is 67.4 cm³/mol. The van der Waals surface area contributed by atoms with E-state index in [0.29, 0.717) is 0 Å². The number of nitrogens with zero attached hydrogens (tertiary/aromatic N) is 2. The molecular formula is C11H15BrN2S. The van der Waals surface area contributed by atoms with Crippen molar-refractivity contribution in [2.45, 2.75) is 19.8 Å². The molecule has 2 aliphatic rings. The Morgan fingerprint density at radius 3 is 2.60 bits per heavy atom. The molecule has 0 aromatic carbocycles. The first kappa shape index (κ1) is 10.1. The zero-order valence-electron chi connectivity index (χ0n) is 8.82. The zero-order valence-corrected chi connectivity index (χ0v) is 11.2. The third-order valence-electron chi connectivity index (χ3n) is 4.04. The summed E-state index contributed by atoms with van der Waals surface area (Å²) in [4.78, 5) is 7.00. The summed E-state index contributed by atoms with van der Waals surface area (Å²) in [6, 6.07) is 0. The Bertz CT molecular complexity index is 351. The molecule has 82 valence electrons. The minimum Gasteiger partial charge on any atom is -0.347 e. The lowest BCUT2D eigenvalue weighted by molar-refractivity contribution is 0.295. The molecule has 4 heteroatoms. The van der Waals surface area contributed by atoms with Crippen LogP contribution in [-0.4, -0.2) is 18.1 Å². The first-order chi connectivity index (χ1) is 7.24. The minimum atomic E-state index is 0.909. The lowest BCUT2D eigenvalue weighted by Gasteiger charge is -2.36. The van der Waals surface area contributed by atoms with Crippen molar-refractivity contribution in [1.29, 1.82) is 0 Å². The van der Waals surface area contributed by atoms with Crippen LogP contribution < -0.4 is 4.90 Å². The highest BCUT2D eigenvalue weighted by Gasteiger charge is 2.39. The van der Waals surface area contributed by atoms with Crippen LogP contribution in [0.3, 0.4) is 0 Å². The molecule has 1 aromatic heterocycles. The Hall–Kier alpha value is -0.0900. The molecule has 2 bridgehead atoms. The smallest absolute Gasteiger partial charge is 0.186 e. The molecule has 0 amide bonds. The summed E-state index contributed by atoms with van der Waals surface area (Å²) in [6.07, 6.45) is 2.85. The van der Waals surface area contributed by atoms with Gasteiger partial charge in [0.2, 0.25) is 0 Å². The van der Waals surface area contributed by atoms with E-state index in [9.17, 15) is 0 Å². The van der Waals surface area contributed by atoms with Crippen molar-refractivity contribution in [2.24, 2.45) is 17.8 Å². The molecule has 15 heavy (non-hydrogen) atoms. The van der Waals surface area contributed by atoms with Gasteiger partial charge in [-0.05, 0) is 46.5 Å². The number of rotatable bonds is 1. The van der Waals surface area contributed by atoms with Crippen LogP contribution in [0, 0.1) is 17.8 Å². The number of piperidine rings is 1. The van der Waals surface area contributed by atoms with Crippen LogP contribution in [0.5, 0.6) is 0 Å². The second-order valence-corrected chi connectivity index (χ2v) is 6.46. The molecule has 2 heterocycles. The predicted octanol–water partition coefficient (Wildman–Crippen LogP) is 3.39. The Balaban J connectivity index is 1.80. The Labute approximate surface area is 103 Å². The Morgan fingerprint density at radius 1 is 1.40 bits per heavy atom. The first-order valence-electron chi connectivity index (χ1n) is 5.60. The normalized spacial score (nSPS) is 34.8. The summed E-state index contributed by atoms with van der Waals surface area (Å²) in [6.45, 7) is 4.87. The van der Waals surface area contributed by atoms with E-state index in [0.717, 1.165) is 22.4 Å². The van der Waals surface area contributed by atoms with E-state index in [1.54, 1.807) is 11.3 Å². The number of thiazole rings is 1. The standard InChI is InChI=1S/C11H15BrN2S/c1-7-8-2-3-9(7)5-14(4-8)11-13-10(12)6-15-11/h6-9H,2-5H2,1H3. The van der Waals surface area contributed by atoms with Gasteiger partial charge in [0, 0.05) is 18.5 Å². The van der Waals surface area contributed by atoms with Crippen molar-refractivity contribution >= 4 is 32.4 Å². The van der Waals surface area contributed by atoms with E-state index < -0.39 is 0 Å². The van der Waals surface area contributed by atoms with E-state index >= 15 is 0 Å². The average molecular weight is 287 g/mol. The lowest BCUT2D eigenvalue weighted by atomic mass is 9.87. The van der Waals surface area contributed by atoms with Crippen molar-refractivity contribution in [3.05, 3.63) is 9.98 Å². The highest BCUT2D eigenvalue weighted by Crippen LogP contribution is 2.43. The van der Waals surface area contributed by atoms with Crippen molar-refractivity contribution in [3.8, 4) is 0 Å². The van der Waals surface area contributed by atoms with Gasteiger partial charge in [-0.15, -0.1) is 11.3 Å². The number of hydrogen-bond donors (Lipinski definition) is 0. The van der Waals surface area contributed by atoms with Gasteiger partial charge in [0.15, 0.2) is 5.13 Å². The largest absolute Gasteiger partial charge is 0.347 e. The summed E-state index contributed by atoms with van der Waals surface area (Å²) in [7, 11) is 0. The van der Waals surface area contributed by atoms with Gasteiger partial charge in [0.25, 0.3) is 0 Å². The molecule has 0 radical (unpaired) electrons. The maximum absolute atomic E-state index is 4.52. The van der Waals surface area contributed by atoms with Crippen LogP contribution in [0.2, 0.25) is 0 Å². The van der Waals surface area contributed by atoms with E-state index in [2.05, 4.69) is 38.1 Å². The van der Waals surface area contributed by atoms with E-state index in [1.165, 1.54) is 31.1 Å². The molecule has 1 aliphatic heterocycles. The summed E-state index contributed by atoms with van der Waals surface area (Å²) in [5, 5.41) is 3.28. The zero-order chi connectivity index (χ0) is 10.4. The second-order valence-electron chi connectivity index (χ2n) is 4.81. The van der Waals surface area contributed by atoms with Gasteiger partial charge < -0.3 is 4.90 Å². The molecule has 2 atom stereocenters. The topological polar surface area (TPSA) is 16.1 Å². The van der Waals surface area contributed by atoms with Gasteiger partial charge in [-0.25, -0.2) is 4.98 Å². The van der Waals surface area contributed by atoms with Crippen molar-refractivity contribution in [2.75, 3.05) is 18.0 Å². The molecule has 3 rings (SSSR count). The summed E-state index contributed by atoms with van der Waals surface area (Å²) in [5.41, 5.74) is 0. The van der Waals surface area contributed by atoms with Gasteiger partial charge in [-0.2, -0.15) is 0 Å². The van der Waals surface area contributed by atoms with Crippen LogP contribution in [0.1, 0.15) is 19.8 Å². The van der Waals surface area contributed by atoms with E-state index in [-0.39, 0.29) is 0 Å². The van der Waals surface area contributed by atoms with Crippen LogP contribution in [0.25, 0.3) is 0 Å². The SMILES string of the molecule is CC1C2CCC1CN(c1nc(Br)cs1)C2. The molecule has 0 N–H and O–H groups in total. The van der Waals surface area contributed by atoms with Crippen LogP contribution in [0.4, 0.5) is 5.13 Å². The summed E-state index contributed by atoms with van der Waals surface area (Å²) >= 11 is 5.19. The molecule has 1 saturated carbocycles. The summed E-state index contributed by atoms with van der Waals surface area (Å²) in [5.74, 6) is 2.75. The average Bonchev–Trinajstić information content (AvgIpc) is 2.70. The van der Waals surface area contributed by atoms with Crippen molar-refractivity contribution in [1.82, 2.24) is 4.98 Å². The van der Waals surface area contributed by atoms with Crippen molar-refractivity contribution < 1.29 is 0 Å².